The molecule has 1 aliphatic rings. The number of hydrogen-bond acceptors (Lipinski definition) is 4. The first kappa shape index (κ1) is 15.3. The molecule has 1 fully saturated rings. The van der Waals surface area contributed by atoms with Crippen LogP contribution in [0.15, 0.2) is 11.2 Å². The van der Waals surface area contributed by atoms with Crippen LogP contribution in [0.2, 0.25) is 0 Å². The summed E-state index contributed by atoms with van der Waals surface area (Å²) in [6, 6.07) is 0. The minimum Gasteiger partial charge on any atom is -0.379 e. The van der Waals surface area contributed by atoms with Gasteiger partial charge in [0.25, 0.3) is 0 Å². The van der Waals surface area contributed by atoms with Gasteiger partial charge in [-0.15, -0.1) is 11.3 Å². The number of nitrogens with one attached hydrogen (secondary N) is 2. The van der Waals surface area contributed by atoms with Crippen LogP contribution in [0.1, 0.15) is 22.7 Å². The van der Waals surface area contributed by atoms with Gasteiger partial charge in [-0.2, -0.15) is 0 Å². The van der Waals surface area contributed by atoms with E-state index in [2.05, 4.69) is 27.5 Å². The molecule has 0 unspecified atom stereocenters. The summed E-state index contributed by atoms with van der Waals surface area (Å²) in [7, 11) is 1.79. The fourth-order valence-corrected chi connectivity index (χ4v) is 2.59. The minimum atomic E-state index is 0.739. The van der Waals surface area contributed by atoms with Crippen molar-refractivity contribution in [1.29, 1.82) is 0 Å². The Morgan fingerprint density at radius 3 is 2.90 bits per heavy atom. The van der Waals surface area contributed by atoms with Crippen LogP contribution in [0.4, 0.5) is 0 Å². The molecule has 5 nitrogen and oxygen atoms in total. The number of aliphatic imine (C=N–C) groups is 1. The summed E-state index contributed by atoms with van der Waals surface area (Å²) in [5, 5.41) is 7.71. The van der Waals surface area contributed by atoms with Crippen LogP contribution in [-0.2, 0) is 11.2 Å². The normalized spacial score (nSPS) is 15.4. The quantitative estimate of drug-likeness (QED) is 0.434. The van der Waals surface area contributed by atoms with Gasteiger partial charge in [0, 0.05) is 44.2 Å². The predicted octanol–water partition coefficient (Wildman–Crippen LogP) is 1.59. The van der Waals surface area contributed by atoms with Crippen molar-refractivity contribution in [3.05, 3.63) is 16.1 Å². The van der Waals surface area contributed by atoms with E-state index < -0.39 is 0 Å². The molecule has 2 N–H and O–H groups in total. The van der Waals surface area contributed by atoms with Crippen LogP contribution < -0.4 is 10.6 Å². The fraction of sp³-hybridized carbons (Fsp3) is 0.714. The standard InChI is InChI=1S/C14H24N4OS/c1-11-9-18-13(20-11)5-6-16-14(15-2)17-7-8-19-10-12-3-4-12/h9,12H,3-8,10H2,1-2H3,(H2,15,16,17). The van der Waals surface area contributed by atoms with E-state index in [1.807, 2.05) is 6.20 Å². The molecular weight excluding hydrogens is 272 g/mol. The lowest BCUT2D eigenvalue weighted by Crippen LogP contribution is -2.39. The largest absolute Gasteiger partial charge is 0.379 e. The Balaban J connectivity index is 1.52. The zero-order chi connectivity index (χ0) is 14.2. The summed E-state index contributed by atoms with van der Waals surface area (Å²) in [5.41, 5.74) is 0. The van der Waals surface area contributed by atoms with Crippen LogP contribution in [0.5, 0.6) is 0 Å². The Hall–Kier alpha value is -1.14. The van der Waals surface area contributed by atoms with Gasteiger partial charge in [-0.3, -0.25) is 4.99 Å². The summed E-state index contributed by atoms with van der Waals surface area (Å²) in [6.45, 7) is 5.37. The van der Waals surface area contributed by atoms with Crippen molar-refractivity contribution in [2.24, 2.45) is 10.9 Å². The van der Waals surface area contributed by atoms with Gasteiger partial charge < -0.3 is 15.4 Å². The van der Waals surface area contributed by atoms with Crippen LogP contribution >= 0.6 is 11.3 Å². The Labute approximate surface area is 124 Å². The molecule has 1 saturated carbocycles. The second kappa shape index (κ2) is 8.21. The van der Waals surface area contributed by atoms with E-state index >= 15 is 0 Å². The maximum absolute atomic E-state index is 5.58. The number of nitrogens with zero attached hydrogens (tertiary/aromatic N) is 2. The van der Waals surface area contributed by atoms with E-state index in [0.717, 1.165) is 44.6 Å². The zero-order valence-corrected chi connectivity index (χ0v) is 13.1. The predicted molar refractivity (Wildman–Crippen MR) is 83.5 cm³/mol. The molecule has 0 spiro atoms. The molecule has 0 aliphatic heterocycles. The van der Waals surface area contributed by atoms with Gasteiger partial charge in [0.05, 0.1) is 11.6 Å². The maximum Gasteiger partial charge on any atom is 0.191 e. The lowest BCUT2D eigenvalue weighted by atomic mass is 10.4. The fourth-order valence-electron chi connectivity index (χ4n) is 1.80. The second-order valence-corrected chi connectivity index (χ2v) is 6.38. The first-order valence-corrected chi connectivity index (χ1v) is 8.03. The van der Waals surface area contributed by atoms with Crippen molar-refractivity contribution in [3.8, 4) is 0 Å². The van der Waals surface area contributed by atoms with E-state index in [0.29, 0.717) is 0 Å². The second-order valence-electron chi connectivity index (χ2n) is 5.06. The Morgan fingerprint density at radius 2 is 2.25 bits per heavy atom. The highest BCUT2D eigenvalue weighted by atomic mass is 32.1. The third-order valence-electron chi connectivity index (χ3n) is 3.11. The number of hydrogen-bond donors (Lipinski definition) is 2. The minimum absolute atomic E-state index is 0.739. The third kappa shape index (κ3) is 5.88. The topological polar surface area (TPSA) is 58.5 Å². The van der Waals surface area contributed by atoms with Gasteiger partial charge >= 0.3 is 0 Å². The number of aryl methyl sites for hydroxylation is 1. The first-order chi connectivity index (χ1) is 9.78. The van der Waals surface area contributed by atoms with Gasteiger partial charge in [0.1, 0.15) is 0 Å². The number of guanidine groups is 1. The number of ether oxygens (including phenoxy) is 1. The van der Waals surface area contributed by atoms with E-state index in [1.165, 1.54) is 22.7 Å². The molecule has 0 bridgehead atoms. The molecule has 6 heteroatoms. The van der Waals surface area contributed by atoms with Gasteiger partial charge in [-0.25, -0.2) is 4.98 Å². The van der Waals surface area contributed by atoms with Gasteiger partial charge in [-0.1, -0.05) is 0 Å². The molecule has 1 heterocycles. The molecule has 20 heavy (non-hydrogen) atoms. The van der Waals surface area contributed by atoms with Crippen molar-refractivity contribution in [1.82, 2.24) is 15.6 Å². The lowest BCUT2D eigenvalue weighted by Gasteiger charge is -2.11. The Morgan fingerprint density at radius 1 is 1.45 bits per heavy atom. The summed E-state index contributed by atoms with van der Waals surface area (Å²) in [5.74, 6) is 1.66. The van der Waals surface area contributed by atoms with Gasteiger partial charge in [0.15, 0.2) is 5.96 Å². The summed E-state index contributed by atoms with van der Waals surface area (Å²) < 4.78 is 5.58. The van der Waals surface area contributed by atoms with E-state index in [4.69, 9.17) is 4.74 Å². The smallest absolute Gasteiger partial charge is 0.191 e. The highest BCUT2D eigenvalue weighted by molar-refractivity contribution is 7.11. The molecular formula is C14H24N4OS. The van der Waals surface area contributed by atoms with Crippen molar-refractivity contribution in [2.45, 2.75) is 26.2 Å². The first-order valence-electron chi connectivity index (χ1n) is 7.21. The Bertz CT molecular complexity index is 429. The van der Waals surface area contributed by atoms with E-state index in [-0.39, 0.29) is 0 Å². The molecule has 1 aliphatic carbocycles. The SMILES string of the molecule is CN=C(NCCOCC1CC1)NCCc1ncc(C)s1. The molecule has 1 aromatic rings. The highest BCUT2D eigenvalue weighted by Gasteiger charge is 2.20. The van der Waals surface area contributed by atoms with Crippen LogP contribution in [0, 0.1) is 12.8 Å². The monoisotopic (exact) mass is 296 g/mol. The number of aromatic nitrogens is 1. The molecule has 0 amide bonds. The number of thiazole rings is 1. The average Bonchev–Trinajstić information content (AvgIpc) is 3.18. The molecule has 0 atom stereocenters. The van der Waals surface area contributed by atoms with Crippen LogP contribution in [0.3, 0.4) is 0 Å². The molecule has 0 saturated heterocycles. The van der Waals surface area contributed by atoms with Crippen LogP contribution in [0.25, 0.3) is 0 Å². The van der Waals surface area contributed by atoms with E-state index in [9.17, 15) is 0 Å². The van der Waals surface area contributed by atoms with Crippen molar-refractivity contribution >= 4 is 17.3 Å². The average molecular weight is 296 g/mol. The van der Waals surface area contributed by atoms with Gasteiger partial charge in [0.2, 0.25) is 0 Å². The van der Waals surface area contributed by atoms with Crippen molar-refractivity contribution in [2.75, 3.05) is 33.4 Å². The van der Waals surface area contributed by atoms with Gasteiger partial charge in [-0.05, 0) is 25.7 Å². The lowest BCUT2D eigenvalue weighted by molar-refractivity contribution is 0.129. The molecule has 112 valence electrons. The van der Waals surface area contributed by atoms with Crippen molar-refractivity contribution in [3.63, 3.8) is 0 Å². The third-order valence-corrected chi connectivity index (χ3v) is 4.09. The van der Waals surface area contributed by atoms with E-state index in [1.54, 1.807) is 18.4 Å². The highest BCUT2D eigenvalue weighted by Crippen LogP contribution is 2.28. The zero-order valence-electron chi connectivity index (χ0n) is 12.3. The molecule has 1 aromatic heterocycles. The van der Waals surface area contributed by atoms with Crippen LogP contribution in [-0.4, -0.2) is 44.3 Å². The molecule has 2 rings (SSSR count). The maximum atomic E-state index is 5.58. The summed E-state index contributed by atoms with van der Waals surface area (Å²) in [4.78, 5) is 9.80. The number of rotatable bonds is 8. The Kier molecular flexibility index (Phi) is 6.26. The summed E-state index contributed by atoms with van der Waals surface area (Å²) in [6.07, 6.45) is 5.53. The molecule has 0 radical (unpaired) electrons. The van der Waals surface area contributed by atoms with Crippen molar-refractivity contribution < 1.29 is 4.74 Å². The molecule has 0 aromatic carbocycles. The summed E-state index contributed by atoms with van der Waals surface area (Å²) >= 11 is 1.75.